The number of benzene rings is 3. The number of ketones is 1. The number of Topliss-reactive ketones (excluding diaryl/α,β-unsaturated/α-hetero) is 1. The summed E-state index contributed by atoms with van der Waals surface area (Å²) in [5, 5.41) is 13.2. The molecular formula is C28H22Cl2N2O4. The van der Waals surface area contributed by atoms with E-state index in [-0.39, 0.29) is 27.7 Å². The molecule has 8 heteroatoms. The van der Waals surface area contributed by atoms with Gasteiger partial charge in [0.2, 0.25) is 0 Å². The second kappa shape index (κ2) is 9.04. The van der Waals surface area contributed by atoms with E-state index in [9.17, 15) is 14.7 Å². The first-order chi connectivity index (χ1) is 17.2. The fourth-order valence-electron chi connectivity index (χ4n) is 4.87. The molecule has 0 bridgehead atoms. The predicted molar refractivity (Wildman–Crippen MR) is 142 cm³/mol. The topological polar surface area (TPSA) is 71.8 Å². The number of anilines is 1. The highest BCUT2D eigenvalue weighted by Crippen LogP contribution is 2.46. The molecule has 1 saturated heterocycles. The minimum atomic E-state index is -0.918. The molecule has 1 atom stereocenters. The Bertz CT molecular complexity index is 1590. The molecule has 1 N–H and O–H groups in total. The predicted octanol–water partition coefficient (Wildman–Crippen LogP) is 6.43. The second-order valence-corrected chi connectivity index (χ2v) is 9.53. The standard InChI is InChI=1S/C28H22Cl2N2O4/c1-15-11-19(27(36-3)21(30)12-15)25(33)23-24(20-14-31(2)22-10-5-4-9-18(20)22)32(28(35)26(23)34)17-8-6-7-16(29)13-17/h4-14,24,33H,1-3H3/b25-23+. The van der Waals surface area contributed by atoms with E-state index in [1.54, 1.807) is 36.4 Å². The third kappa shape index (κ3) is 3.74. The number of para-hydroxylation sites is 1. The quantitative estimate of drug-likeness (QED) is 0.191. The lowest BCUT2D eigenvalue weighted by Gasteiger charge is -2.25. The summed E-state index contributed by atoms with van der Waals surface area (Å²) in [7, 11) is 3.32. The number of carbonyl (C=O) groups excluding carboxylic acids is 2. The molecule has 3 aromatic carbocycles. The largest absolute Gasteiger partial charge is 0.507 e. The van der Waals surface area contributed by atoms with Crippen LogP contribution in [0.2, 0.25) is 10.0 Å². The van der Waals surface area contributed by atoms with Crippen LogP contribution in [0.1, 0.15) is 22.7 Å². The molecule has 1 aliphatic heterocycles. The number of ether oxygens (including phenoxy) is 1. The number of aliphatic hydroxyl groups is 1. The van der Waals surface area contributed by atoms with Gasteiger partial charge in [-0.05, 0) is 48.9 Å². The lowest BCUT2D eigenvalue weighted by atomic mass is 9.94. The number of fused-ring (bicyclic) bond motifs is 1. The van der Waals surface area contributed by atoms with Crippen molar-refractivity contribution in [3.8, 4) is 5.75 Å². The van der Waals surface area contributed by atoms with Crippen LogP contribution < -0.4 is 9.64 Å². The maximum absolute atomic E-state index is 13.6. The number of methoxy groups -OCH3 is 1. The van der Waals surface area contributed by atoms with Gasteiger partial charge in [-0.1, -0.05) is 47.5 Å². The minimum absolute atomic E-state index is 0.0590. The normalized spacial score (nSPS) is 17.2. The van der Waals surface area contributed by atoms with E-state index in [1.165, 1.54) is 12.0 Å². The molecule has 5 rings (SSSR count). The van der Waals surface area contributed by atoms with Crippen LogP contribution in [0.4, 0.5) is 5.69 Å². The molecule has 0 saturated carbocycles. The van der Waals surface area contributed by atoms with Gasteiger partial charge in [0.05, 0.1) is 29.3 Å². The van der Waals surface area contributed by atoms with Crippen molar-refractivity contribution in [3.63, 3.8) is 0 Å². The van der Waals surface area contributed by atoms with Crippen molar-refractivity contribution in [1.29, 1.82) is 0 Å². The fraction of sp³-hybridized carbons (Fsp3) is 0.143. The average molecular weight is 521 g/mol. The van der Waals surface area contributed by atoms with E-state index in [1.807, 2.05) is 49.0 Å². The third-order valence-electron chi connectivity index (χ3n) is 6.40. The SMILES string of the molecule is COc1c(Cl)cc(C)cc1/C(O)=C1\C(=O)C(=O)N(c2cccc(Cl)c2)C1c1cn(C)c2ccccc12. The van der Waals surface area contributed by atoms with E-state index >= 15 is 0 Å². The second-order valence-electron chi connectivity index (χ2n) is 8.69. The number of nitrogens with zero attached hydrogens (tertiary/aromatic N) is 2. The number of rotatable bonds is 4. The van der Waals surface area contributed by atoms with Crippen LogP contribution in [-0.4, -0.2) is 28.5 Å². The number of hydrogen-bond acceptors (Lipinski definition) is 4. The highest BCUT2D eigenvalue weighted by molar-refractivity contribution is 6.52. The molecule has 6 nitrogen and oxygen atoms in total. The van der Waals surface area contributed by atoms with Gasteiger partial charge in [0.25, 0.3) is 11.7 Å². The Morgan fingerprint density at radius 3 is 2.50 bits per heavy atom. The maximum Gasteiger partial charge on any atom is 0.300 e. The van der Waals surface area contributed by atoms with Crippen molar-refractivity contribution >= 4 is 57.2 Å². The smallest absolute Gasteiger partial charge is 0.300 e. The van der Waals surface area contributed by atoms with E-state index in [4.69, 9.17) is 27.9 Å². The number of aromatic nitrogens is 1. The Morgan fingerprint density at radius 2 is 1.78 bits per heavy atom. The van der Waals surface area contributed by atoms with Gasteiger partial charge in [-0.2, -0.15) is 0 Å². The molecule has 1 aliphatic rings. The molecule has 4 aromatic rings. The molecule has 0 aliphatic carbocycles. The van der Waals surface area contributed by atoms with Crippen molar-refractivity contribution < 1.29 is 19.4 Å². The molecule has 2 heterocycles. The fourth-order valence-corrected chi connectivity index (χ4v) is 5.40. The lowest BCUT2D eigenvalue weighted by Crippen LogP contribution is -2.29. The van der Waals surface area contributed by atoms with Crippen molar-refractivity contribution in [3.05, 3.63) is 99.2 Å². The summed E-state index contributed by atoms with van der Waals surface area (Å²) in [5.41, 5.74) is 2.98. The first kappa shape index (κ1) is 24.0. The van der Waals surface area contributed by atoms with Gasteiger partial charge < -0.3 is 14.4 Å². The van der Waals surface area contributed by atoms with E-state index in [2.05, 4.69) is 0 Å². The lowest BCUT2D eigenvalue weighted by molar-refractivity contribution is -0.132. The maximum atomic E-state index is 13.6. The number of aryl methyl sites for hydroxylation is 2. The van der Waals surface area contributed by atoms with Crippen molar-refractivity contribution in [2.75, 3.05) is 12.0 Å². The summed E-state index contributed by atoms with van der Waals surface area (Å²) < 4.78 is 7.38. The molecule has 1 unspecified atom stereocenters. The van der Waals surface area contributed by atoms with E-state index in [0.717, 1.165) is 16.5 Å². The van der Waals surface area contributed by atoms with Crippen LogP contribution >= 0.6 is 23.2 Å². The zero-order valence-corrected chi connectivity index (χ0v) is 21.3. The number of amides is 1. The first-order valence-electron chi connectivity index (χ1n) is 11.2. The van der Waals surface area contributed by atoms with E-state index < -0.39 is 17.7 Å². The van der Waals surface area contributed by atoms with Gasteiger partial charge in [-0.15, -0.1) is 0 Å². The molecule has 1 aromatic heterocycles. The van der Waals surface area contributed by atoms with Crippen molar-refractivity contribution in [1.82, 2.24) is 4.57 Å². The van der Waals surface area contributed by atoms with Crippen molar-refractivity contribution in [2.45, 2.75) is 13.0 Å². The Kier molecular flexibility index (Phi) is 6.02. The van der Waals surface area contributed by atoms with Crippen LogP contribution in [0.15, 0.2) is 72.4 Å². The summed E-state index contributed by atoms with van der Waals surface area (Å²) in [6.45, 7) is 1.81. The van der Waals surface area contributed by atoms with Crippen molar-refractivity contribution in [2.24, 2.45) is 7.05 Å². The van der Waals surface area contributed by atoms with Crippen LogP contribution in [0.5, 0.6) is 5.75 Å². The van der Waals surface area contributed by atoms with Crippen LogP contribution in [0, 0.1) is 6.92 Å². The number of carbonyl (C=O) groups is 2. The van der Waals surface area contributed by atoms with Gasteiger partial charge in [0, 0.05) is 40.4 Å². The number of hydrogen-bond donors (Lipinski definition) is 1. The van der Waals surface area contributed by atoms with Gasteiger partial charge in [0.15, 0.2) is 0 Å². The summed E-state index contributed by atoms with van der Waals surface area (Å²) >= 11 is 12.6. The Morgan fingerprint density at radius 1 is 1.03 bits per heavy atom. The molecule has 36 heavy (non-hydrogen) atoms. The number of halogens is 2. The van der Waals surface area contributed by atoms with Crippen LogP contribution in [0.25, 0.3) is 16.7 Å². The average Bonchev–Trinajstić information content (AvgIpc) is 3.31. The number of aliphatic hydroxyl groups excluding tert-OH is 1. The van der Waals surface area contributed by atoms with Crippen LogP contribution in [-0.2, 0) is 16.6 Å². The zero-order chi connectivity index (χ0) is 25.7. The molecule has 0 spiro atoms. The summed E-state index contributed by atoms with van der Waals surface area (Å²) in [6, 6.07) is 16.9. The summed E-state index contributed by atoms with van der Waals surface area (Å²) in [5.74, 6) is -1.73. The van der Waals surface area contributed by atoms with Gasteiger partial charge in [0.1, 0.15) is 11.5 Å². The molecule has 0 radical (unpaired) electrons. The molecule has 1 amide bonds. The highest BCUT2D eigenvalue weighted by atomic mass is 35.5. The molecule has 1 fully saturated rings. The molecule has 182 valence electrons. The summed E-state index contributed by atoms with van der Waals surface area (Å²) in [6.07, 6.45) is 1.87. The Hall–Kier alpha value is -3.74. The van der Waals surface area contributed by atoms with Gasteiger partial charge in [-0.3, -0.25) is 14.5 Å². The highest BCUT2D eigenvalue weighted by Gasteiger charge is 2.48. The Balaban J connectivity index is 1.85. The van der Waals surface area contributed by atoms with Crippen LogP contribution in [0.3, 0.4) is 0 Å². The summed E-state index contributed by atoms with van der Waals surface area (Å²) in [4.78, 5) is 28.4. The van der Waals surface area contributed by atoms with Gasteiger partial charge in [-0.25, -0.2) is 0 Å². The Labute approximate surface area is 217 Å². The first-order valence-corrected chi connectivity index (χ1v) is 11.9. The van der Waals surface area contributed by atoms with E-state index in [0.29, 0.717) is 16.3 Å². The monoisotopic (exact) mass is 520 g/mol. The minimum Gasteiger partial charge on any atom is -0.507 e. The zero-order valence-electron chi connectivity index (χ0n) is 19.8. The van der Waals surface area contributed by atoms with Gasteiger partial charge >= 0.3 is 0 Å². The molecular weight excluding hydrogens is 499 g/mol. The third-order valence-corrected chi connectivity index (χ3v) is 6.92.